The molecule has 2 fully saturated rings. The summed E-state index contributed by atoms with van der Waals surface area (Å²) in [5.74, 6) is 0.563. The van der Waals surface area contributed by atoms with Crippen LogP contribution >= 0.6 is 0 Å². The third-order valence-corrected chi connectivity index (χ3v) is 4.17. The quantitative estimate of drug-likeness (QED) is 0.634. The highest BCUT2D eigenvalue weighted by atomic mass is 16.3. The minimum Gasteiger partial charge on any atom is -0.390 e. The molecule has 0 saturated heterocycles. The predicted molar refractivity (Wildman–Crippen MR) is 59.1 cm³/mol. The molecule has 2 aliphatic rings. The van der Waals surface area contributed by atoms with Gasteiger partial charge in [0.15, 0.2) is 0 Å². The van der Waals surface area contributed by atoms with E-state index >= 15 is 0 Å². The lowest BCUT2D eigenvalue weighted by atomic mass is 9.69. The molecular formula is C13H22O. The number of hydrogen-bond donors (Lipinski definition) is 1. The van der Waals surface area contributed by atoms with Gasteiger partial charge in [0.2, 0.25) is 0 Å². The lowest BCUT2D eigenvalue weighted by Crippen LogP contribution is -2.40. The Morgan fingerprint density at radius 1 is 1.07 bits per heavy atom. The molecule has 0 heterocycles. The molecule has 2 aliphatic carbocycles. The molecule has 0 spiro atoms. The first-order chi connectivity index (χ1) is 6.71. The largest absolute Gasteiger partial charge is 0.390 e. The lowest BCUT2D eigenvalue weighted by Gasteiger charge is -2.41. The molecule has 80 valence electrons. The third kappa shape index (κ3) is 2.03. The van der Waals surface area contributed by atoms with Crippen LogP contribution in [-0.2, 0) is 0 Å². The fourth-order valence-corrected chi connectivity index (χ4v) is 3.14. The summed E-state index contributed by atoms with van der Waals surface area (Å²) in [6.45, 7) is 4.03. The first-order valence-electron chi connectivity index (χ1n) is 6.10. The SMILES string of the molecule is C=C1CCC(C2(O)CCCCC2)CC1. The maximum atomic E-state index is 10.6. The molecule has 0 aromatic heterocycles. The van der Waals surface area contributed by atoms with E-state index in [1.54, 1.807) is 0 Å². The molecule has 0 aromatic carbocycles. The molecule has 1 heteroatoms. The van der Waals surface area contributed by atoms with E-state index in [1.165, 1.54) is 37.7 Å². The molecule has 1 N–H and O–H groups in total. The highest BCUT2D eigenvalue weighted by molar-refractivity contribution is 5.02. The number of hydrogen-bond acceptors (Lipinski definition) is 1. The van der Waals surface area contributed by atoms with Crippen LogP contribution < -0.4 is 0 Å². The topological polar surface area (TPSA) is 20.2 Å². The first kappa shape index (κ1) is 10.2. The fraction of sp³-hybridized carbons (Fsp3) is 0.846. The van der Waals surface area contributed by atoms with Crippen molar-refractivity contribution in [3.8, 4) is 0 Å². The molecule has 14 heavy (non-hydrogen) atoms. The molecule has 2 rings (SSSR count). The molecule has 0 radical (unpaired) electrons. The van der Waals surface area contributed by atoms with Crippen molar-refractivity contribution >= 4 is 0 Å². The van der Waals surface area contributed by atoms with E-state index in [0.717, 1.165) is 25.7 Å². The summed E-state index contributed by atoms with van der Waals surface area (Å²) in [4.78, 5) is 0. The van der Waals surface area contributed by atoms with Gasteiger partial charge in [-0.2, -0.15) is 0 Å². The van der Waals surface area contributed by atoms with E-state index in [0.29, 0.717) is 5.92 Å². The van der Waals surface area contributed by atoms with E-state index in [1.807, 2.05) is 0 Å². The minimum absolute atomic E-state index is 0.307. The van der Waals surface area contributed by atoms with Crippen LogP contribution in [0.15, 0.2) is 12.2 Å². The van der Waals surface area contributed by atoms with Crippen molar-refractivity contribution in [3.63, 3.8) is 0 Å². The highest BCUT2D eigenvalue weighted by Crippen LogP contribution is 2.42. The zero-order valence-corrected chi connectivity index (χ0v) is 9.10. The predicted octanol–water partition coefficient (Wildman–Crippen LogP) is 3.43. The van der Waals surface area contributed by atoms with Crippen LogP contribution in [0.4, 0.5) is 0 Å². The van der Waals surface area contributed by atoms with Gasteiger partial charge in [0.05, 0.1) is 5.60 Å². The Bertz CT molecular complexity index is 203. The second-order valence-electron chi connectivity index (χ2n) is 5.19. The Labute approximate surface area is 87.2 Å². The molecule has 0 amide bonds. The lowest BCUT2D eigenvalue weighted by molar-refractivity contribution is -0.0578. The van der Waals surface area contributed by atoms with Crippen molar-refractivity contribution in [1.82, 2.24) is 0 Å². The van der Waals surface area contributed by atoms with Crippen LogP contribution in [0.1, 0.15) is 57.8 Å². The Kier molecular flexibility index (Phi) is 2.96. The van der Waals surface area contributed by atoms with Crippen molar-refractivity contribution in [2.45, 2.75) is 63.4 Å². The highest BCUT2D eigenvalue weighted by Gasteiger charge is 2.38. The van der Waals surface area contributed by atoms with Gasteiger partial charge in [-0.25, -0.2) is 0 Å². The summed E-state index contributed by atoms with van der Waals surface area (Å²) in [5.41, 5.74) is 1.08. The van der Waals surface area contributed by atoms with E-state index in [4.69, 9.17) is 0 Å². The summed E-state index contributed by atoms with van der Waals surface area (Å²) in [6.07, 6.45) is 10.5. The summed E-state index contributed by atoms with van der Waals surface area (Å²) in [6, 6.07) is 0. The summed E-state index contributed by atoms with van der Waals surface area (Å²) in [7, 11) is 0. The van der Waals surface area contributed by atoms with Crippen molar-refractivity contribution in [2.75, 3.05) is 0 Å². The average molecular weight is 194 g/mol. The second-order valence-corrected chi connectivity index (χ2v) is 5.19. The number of aliphatic hydroxyl groups is 1. The third-order valence-electron chi connectivity index (χ3n) is 4.17. The number of allylic oxidation sites excluding steroid dienone is 1. The van der Waals surface area contributed by atoms with Crippen molar-refractivity contribution in [3.05, 3.63) is 12.2 Å². The van der Waals surface area contributed by atoms with Gasteiger partial charge in [-0.15, -0.1) is 0 Å². The monoisotopic (exact) mass is 194 g/mol. The smallest absolute Gasteiger partial charge is 0.0676 e. The molecule has 0 unspecified atom stereocenters. The summed E-state index contributed by atoms with van der Waals surface area (Å²) in [5, 5.41) is 10.6. The van der Waals surface area contributed by atoms with Crippen LogP contribution in [0.25, 0.3) is 0 Å². The molecule has 0 atom stereocenters. The molecule has 0 aromatic rings. The van der Waals surface area contributed by atoms with E-state index in [-0.39, 0.29) is 5.60 Å². The van der Waals surface area contributed by atoms with Crippen LogP contribution in [0, 0.1) is 5.92 Å². The van der Waals surface area contributed by atoms with Gasteiger partial charge >= 0.3 is 0 Å². The maximum absolute atomic E-state index is 10.6. The Morgan fingerprint density at radius 2 is 1.64 bits per heavy atom. The van der Waals surface area contributed by atoms with E-state index in [9.17, 15) is 5.11 Å². The molecule has 1 nitrogen and oxygen atoms in total. The zero-order chi connectivity index (χ0) is 10.0. The standard InChI is InChI=1S/C13H22O/c1-11-5-7-12(8-6-11)13(14)9-3-2-4-10-13/h12,14H,1-10H2. The summed E-state index contributed by atoms with van der Waals surface area (Å²) < 4.78 is 0. The van der Waals surface area contributed by atoms with Crippen molar-refractivity contribution < 1.29 is 5.11 Å². The molecule has 2 saturated carbocycles. The Morgan fingerprint density at radius 3 is 2.21 bits per heavy atom. The zero-order valence-electron chi connectivity index (χ0n) is 9.10. The van der Waals surface area contributed by atoms with Crippen LogP contribution in [0.3, 0.4) is 0 Å². The molecule has 0 bridgehead atoms. The van der Waals surface area contributed by atoms with Gasteiger partial charge in [0.1, 0.15) is 0 Å². The van der Waals surface area contributed by atoms with E-state index < -0.39 is 0 Å². The Hall–Kier alpha value is -0.300. The van der Waals surface area contributed by atoms with Crippen molar-refractivity contribution in [2.24, 2.45) is 5.92 Å². The Balaban J connectivity index is 1.95. The van der Waals surface area contributed by atoms with Gasteiger partial charge in [-0.3, -0.25) is 0 Å². The fourth-order valence-electron chi connectivity index (χ4n) is 3.14. The molecule has 0 aliphatic heterocycles. The van der Waals surface area contributed by atoms with Gasteiger partial charge in [-0.1, -0.05) is 31.4 Å². The van der Waals surface area contributed by atoms with Gasteiger partial charge in [-0.05, 0) is 44.4 Å². The van der Waals surface area contributed by atoms with E-state index in [2.05, 4.69) is 6.58 Å². The summed E-state index contributed by atoms with van der Waals surface area (Å²) >= 11 is 0. The average Bonchev–Trinajstić information content (AvgIpc) is 2.19. The second kappa shape index (κ2) is 4.06. The minimum atomic E-state index is -0.307. The van der Waals surface area contributed by atoms with Gasteiger partial charge in [0, 0.05) is 0 Å². The van der Waals surface area contributed by atoms with Crippen LogP contribution in [0.2, 0.25) is 0 Å². The number of rotatable bonds is 1. The van der Waals surface area contributed by atoms with Gasteiger partial charge < -0.3 is 5.11 Å². The van der Waals surface area contributed by atoms with Gasteiger partial charge in [0.25, 0.3) is 0 Å². The maximum Gasteiger partial charge on any atom is 0.0676 e. The normalized spacial score (nSPS) is 29.1. The van der Waals surface area contributed by atoms with Crippen LogP contribution in [-0.4, -0.2) is 10.7 Å². The molecular weight excluding hydrogens is 172 g/mol. The van der Waals surface area contributed by atoms with Crippen molar-refractivity contribution in [1.29, 1.82) is 0 Å². The first-order valence-corrected chi connectivity index (χ1v) is 6.10. The van der Waals surface area contributed by atoms with Crippen LogP contribution in [0.5, 0.6) is 0 Å².